The van der Waals surface area contributed by atoms with Crippen LogP contribution in [0.4, 0.5) is 17.3 Å². The molecule has 0 aliphatic heterocycles. The van der Waals surface area contributed by atoms with Gasteiger partial charge in [-0.2, -0.15) is 0 Å². The molecule has 0 unspecified atom stereocenters. The van der Waals surface area contributed by atoms with Gasteiger partial charge in [-0.1, -0.05) is 48.5 Å². The Morgan fingerprint density at radius 1 is 0.828 bits per heavy atom. The molecule has 4 aromatic rings. The summed E-state index contributed by atoms with van der Waals surface area (Å²) in [5, 5.41) is 6.68. The molecule has 0 bridgehead atoms. The fourth-order valence-electron chi connectivity index (χ4n) is 2.89. The first kappa shape index (κ1) is 18.4. The molecule has 0 saturated carbocycles. The van der Waals surface area contributed by atoms with E-state index in [9.17, 15) is 0 Å². The number of nitrogens with one attached hydrogen (secondary N) is 2. The van der Waals surface area contributed by atoms with E-state index >= 15 is 0 Å². The Morgan fingerprint density at radius 2 is 1.59 bits per heavy atom. The molecule has 2 heterocycles. The third-order valence-corrected chi connectivity index (χ3v) is 4.30. The number of methoxy groups -OCH3 is 1. The minimum absolute atomic E-state index is 0.570. The Balaban J connectivity index is 1.66. The minimum Gasteiger partial charge on any atom is -0.495 e. The minimum atomic E-state index is 0.570. The van der Waals surface area contributed by atoms with Crippen molar-refractivity contribution >= 4 is 17.3 Å². The van der Waals surface area contributed by atoms with Crippen molar-refractivity contribution in [3.8, 4) is 17.1 Å². The van der Waals surface area contributed by atoms with Crippen LogP contribution in [0.15, 0.2) is 85.1 Å². The Hall–Kier alpha value is -3.93. The molecule has 0 spiro atoms. The van der Waals surface area contributed by atoms with Crippen molar-refractivity contribution in [3.05, 3.63) is 90.8 Å². The number of benzene rings is 2. The maximum Gasteiger partial charge on any atom is 0.163 e. The maximum atomic E-state index is 5.44. The van der Waals surface area contributed by atoms with Crippen molar-refractivity contribution in [1.82, 2.24) is 15.0 Å². The van der Waals surface area contributed by atoms with Gasteiger partial charge in [-0.05, 0) is 24.3 Å². The Bertz CT molecular complexity index is 1070. The van der Waals surface area contributed by atoms with E-state index in [0.717, 1.165) is 22.7 Å². The molecule has 0 atom stereocenters. The summed E-state index contributed by atoms with van der Waals surface area (Å²) < 4.78 is 5.44. The molecule has 29 heavy (non-hydrogen) atoms. The highest BCUT2D eigenvalue weighted by molar-refractivity contribution is 5.68. The fraction of sp³-hybridized carbons (Fsp3) is 0.0870. The summed E-state index contributed by atoms with van der Waals surface area (Å²) in [6.45, 7) is 0.570. The zero-order chi connectivity index (χ0) is 19.9. The summed E-state index contributed by atoms with van der Waals surface area (Å²) in [5.41, 5.74) is 2.71. The molecule has 2 aromatic carbocycles. The fourth-order valence-corrected chi connectivity index (χ4v) is 2.89. The number of ether oxygens (including phenoxy) is 1. The van der Waals surface area contributed by atoms with E-state index in [1.165, 1.54) is 0 Å². The van der Waals surface area contributed by atoms with Crippen LogP contribution in [0.2, 0.25) is 0 Å². The number of para-hydroxylation sites is 2. The first-order valence-corrected chi connectivity index (χ1v) is 9.30. The first-order chi connectivity index (χ1) is 14.3. The van der Waals surface area contributed by atoms with Gasteiger partial charge >= 0.3 is 0 Å². The highest BCUT2D eigenvalue weighted by atomic mass is 16.5. The van der Waals surface area contributed by atoms with Crippen LogP contribution in [-0.4, -0.2) is 22.1 Å². The van der Waals surface area contributed by atoms with Gasteiger partial charge in [-0.15, -0.1) is 0 Å². The van der Waals surface area contributed by atoms with Crippen molar-refractivity contribution in [1.29, 1.82) is 0 Å². The van der Waals surface area contributed by atoms with Crippen LogP contribution in [0.5, 0.6) is 5.75 Å². The lowest BCUT2D eigenvalue weighted by Gasteiger charge is -2.13. The summed E-state index contributed by atoms with van der Waals surface area (Å²) in [5.74, 6) is 2.76. The molecule has 0 aliphatic rings. The lowest BCUT2D eigenvalue weighted by molar-refractivity contribution is 0.417. The van der Waals surface area contributed by atoms with Gasteiger partial charge in [0.05, 0.1) is 25.0 Å². The molecule has 2 aromatic heterocycles. The van der Waals surface area contributed by atoms with E-state index in [4.69, 9.17) is 9.72 Å². The molecule has 0 aliphatic carbocycles. The Morgan fingerprint density at radius 3 is 2.38 bits per heavy atom. The lowest BCUT2D eigenvalue weighted by atomic mass is 10.2. The summed E-state index contributed by atoms with van der Waals surface area (Å²) in [6.07, 6.45) is 1.78. The largest absolute Gasteiger partial charge is 0.495 e. The van der Waals surface area contributed by atoms with E-state index in [1.54, 1.807) is 13.3 Å². The lowest BCUT2D eigenvalue weighted by Crippen LogP contribution is -2.06. The number of nitrogens with zero attached hydrogens (tertiary/aromatic N) is 3. The van der Waals surface area contributed by atoms with Crippen LogP contribution < -0.4 is 15.4 Å². The third-order valence-electron chi connectivity index (χ3n) is 4.30. The summed E-state index contributed by atoms with van der Waals surface area (Å²) in [4.78, 5) is 13.7. The third kappa shape index (κ3) is 4.68. The smallest absolute Gasteiger partial charge is 0.163 e. The maximum absolute atomic E-state index is 5.44. The van der Waals surface area contributed by atoms with Gasteiger partial charge in [-0.3, -0.25) is 4.98 Å². The van der Waals surface area contributed by atoms with Gasteiger partial charge in [0.25, 0.3) is 0 Å². The van der Waals surface area contributed by atoms with E-state index in [2.05, 4.69) is 20.6 Å². The molecule has 4 rings (SSSR count). The molecule has 144 valence electrons. The number of anilines is 3. The topological polar surface area (TPSA) is 72.0 Å². The van der Waals surface area contributed by atoms with Crippen molar-refractivity contribution in [2.24, 2.45) is 0 Å². The van der Waals surface area contributed by atoms with E-state index in [1.807, 2.05) is 78.9 Å². The van der Waals surface area contributed by atoms with E-state index < -0.39 is 0 Å². The Kier molecular flexibility index (Phi) is 5.62. The van der Waals surface area contributed by atoms with Crippen LogP contribution >= 0.6 is 0 Å². The van der Waals surface area contributed by atoms with Crippen LogP contribution in [0.1, 0.15) is 5.69 Å². The second-order valence-electron chi connectivity index (χ2n) is 6.33. The SMILES string of the molecule is COc1ccccc1Nc1cc(NCc2ccccn2)nc(-c2ccccc2)n1. The molecular weight excluding hydrogens is 362 g/mol. The normalized spacial score (nSPS) is 10.4. The highest BCUT2D eigenvalue weighted by Gasteiger charge is 2.09. The van der Waals surface area contributed by atoms with Gasteiger partial charge in [0.1, 0.15) is 17.4 Å². The van der Waals surface area contributed by atoms with Crippen LogP contribution in [0.3, 0.4) is 0 Å². The predicted molar refractivity (Wildman–Crippen MR) is 115 cm³/mol. The van der Waals surface area contributed by atoms with Gasteiger partial charge in [0.2, 0.25) is 0 Å². The molecule has 0 amide bonds. The molecule has 0 radical (unpaired) electrons. The second-order valence-corrected chi connectivity index (χ2v) is 6.33. The number of hydrogen-bond donors (Lipinski definition) is 2. The Labute approximate surface area is 169 Å². The second kappa shape index (κ2) is 8.84. The average molecular weight is 383 g/mol. The monoisotopic (exact) mass is 383 g/mol. The van der Waals surface area contributed by atoms with Crippen molar-refractivity contribution in [3.63, 3.8) is 0 Å². The summed E-state index contributed by atoms with van der Waals surface area (Å²) >= 11 is 0. The molecular formula is C23H21N5O. The summed E-state index contributed by atoms with van der Waals surface area (Å²) in [6, 6.07) is 25.3. The number of pyridine rings is 1. The van der Waals surface area contributed by atoms with Gasteiger partial charge < -0.3 is 15.4 Å². The molecule has 6 heteroatoms. The molecule has 2 N–H and O–H groups in total. The molecule has 0 saturated heterocycles. The van der Waals surface area contributed by atoms with Gasteiger partial charge in [0, 0.05) is 17.8 Å². The quantitative estimate of drug-likeness (QED) is 0.473. The summed E-state index contributed by atoms with van der Waals surface area (Å²) in [7, 11) is 1.65. The number of hydrogen-bond acceptors (Lipinski definition) is 6. The van der Waals surface area contributed by atoms with Crippen LogP contribution in [-0.2, 0) is 6.54 Å². The van der Waals surface area contributed by atoms with Gasteiger partial charge in [0.15, 0.2) is 5.82 Å². The number of aromatic nitrogens is 3. The van der Waals surface area contributed by atoms with E-state index in [0.29, 0.717) is 24.0 Å². The van der Waals surface area contributed by atoms with Crippen molar-refractivity contribution in [2.45, 2.75) is 6.54 Å². The van der Waals surface area contributed by atoms with Crippen LogP contribution in [0.25, 0.3) is 11.4 Å². The molecule has 0 fully saturated rings. The van der Waals surface area contributed by atoms with Crippen molar-refractivity contribution in [2.75, 3.05) is 17.7 Å². The number of rotatable bonds is 7. The van der Waals surface area contributed by atoms with Gasteiger partial charge in [-0.25, -0.2) is 9.97 Å². The predicted octanol–water partition coefficient (Wildman–Crippen LogP) is 4.90. The van der Waals surface area contributed by atoms with Crippen molar-refractivity contribution < 1.29 is 4.74 Å². The van der Waals surface area contributed by atoms with Crippen LogP contribution in [0, 0.1) is 0 Å². The zero-order valence-electron chi connectivity index (χ0n) is 16.0. The standard InChI is InChI=1S/C23H21N5O/c1-29-20-13-6-5-12-19(20)26-22-15-21(25-16-18-11-7-8-14-24-18)27-23(28-22)17-9-3-2-4-10-17/h2-15H,16H2,1H3,(H2,25,26,27,28). The average Bonchev–Trinajstić information content (AvgIpc) is 2.79. The van der Waals surface area contributed by atoms with E-state index in [-0.39, 0.29) is 0 Å². The molecule has 6 nitrogen and oxygen atoms in total. The first-order valence-electron chi connectivity index (χ1n) is 9.30. The zero-order valence-corrected chi connectivity index (χ0v) is 16.0. The highest BCUT2D eigenvalue weighted by Crippen LogP contribution is 2.28.